The van der Waals surface area contributed by atoms with Gasteiger partial charge in [-0.2, -0.15) is 0 Å². The van der Waals surface area contributed by atoms with E-state index in [9.17, 15) is 18.7 Å². The summed E-state index contributed by atoms with van der Waals surface area (Å²) in [5, 5.41) is 12.4. The van der Waals surface area contributed by atoms with Crippen molar-refractivity contribution in [3.63, 3.8) is 0 Å². The number of phenolic OH excluding ortho intramolecular Hbond substituents is 1. The monoisotopic (exact) mass is 335 g/mol. The van der Waals surface area contributed by atoms with Crippen LogP contribution in [0.3, 0.4) is 0 Å². The third kappa shape index (κ3) is 3.52. The van der Waals surface area contributed by atoms with E-state index in [1.807, 2.05) is 0 Å². The van der Waals surface area contributed by atoms with Crippen LogP contribution >= 0.6 is 0 Å². The minimum atomic E-state index is -1.12. The highest BCUT2D eigenvalue weighted by Gasteiger charge is 2.19. The minimum Gasteiger partial charge on any atom is -0.506 e. The Morgan fingerprint density at radius 3 is 2.54 bits per heavy atom. The van der Waals surface area contributed by atoms with E-state index in [2.05, 4.69) is 5.32 Å². The van der Waals surface area contributed by atoms with Gasteiger partial charge in [0.05, 0.1) is 18.9 Å². The standard InChI is InChI=1S/C17H15F2NO4/c18-12-4-2-10(8-13(12)19)16(22)20-14-9-11(3-5-15(14)21)17-23-6-1-7-24-17/h2-5,8-9,17,21H,1,6-7H2,(H,20,22). The number of phenols is 1. The molecule has 2 aromatic carbocycles. The van der Waals surface area contributed by atoms with E-state index >= 15 is 0 Å². The first-order valence-corrected chi connectivity index (χ1v) is 7.37. The Kier molecular flexibility index (Phi) is 4.73. The van der Waals surface area contributed by atoms with Gasteiger partial charge in [-0.15, -0.1) is 0 Å². The normalized spacial score (nSPS) is 15.2. The molecule has 1 aliphatic heterocycles. The van der Waals surface area contributed by atoms with E-state index < -0.39 is 23.8 Å². The van der Waals surface area contributed by atoms with Gasteiger partial charge in [0.2, 0.25) is 0 Å². The summed E-state index contributed by atoms with van der Waals surface area (Å²) in [5.41, 5.74) is 0.692. The van der Waals surface area contributed by atoms with Crippen molar-refractivity contribution in [2.75, 3.05) is 18.5 Å². The number of anilines is 1. The number of amides is 1. The Hall–Kier alpha value is -2.51. The Morgan fingerprint density at radius 1 is 1.08 bits per heavy atom. The van der Waals surface area contributed by atoms with Crippen molar-refractivity contribution in [2.24, 2.45) is 0 Å². The molecule has 0 spiro atoms. The molecule has 0 radical (unpaired) electrons. The summed E-state index contributed by atoms with van der Waals surface area (Å²) >= 11 is 0. The maximum Gasteiger partial charge on any atom is 0.255 e. The molecule has 1 saturated heterocycles. The fourth-order valence-corrected chi connectivity index (χ4v) is 2.31. The molecule has 5 nitrogen and oxygen atoms in total. The highest BCUT2D eigenvalue weighted by Crippen LogP contribution is 2.30. The molecule has 24 heavy (non-hydrogen) atoms. The molecular formula is C17H15F2NO4. The number of ether oxygens (including phenoxy) is 2. The molecule has 1 aliphatic rings. The minimum absolute atomic E-state index is 0.0659. The van der Waals surface area contributed by atoms with E-state index in [0.717, 1.165) is 24.6 Å². The van der Waals surface area contributed by atoms with Gasteiger partial charge in [0.25, 0.3) is 5.91 Å². The smallest absolute Gasteiger partial charge is 0.255 e. The number of nitrogens with one attached hydrogen (secondary N) is 1. The molecule has 2 N–H and O–H groups in total. The van der Waals surface area contributed by atoms with Crippen LogP contribution in [0.2, 0.25) is 0 Å². The predicted molar refractivity (Wildman–Crippen MR) is 81.7 cm³/mol. The average Bonchev–Trinajstić information content (AvgIpc) is 2.60. The molecule has 126 valence electrons. The fourth-order valence-electron chi connectivity index (χ4n) is 2.31. The Labute approximate surface area is 136 Å². The van der Waals surface area contributed by atoms with E-state index in [4.69, 9.17) is 9.47 Å². The molecule has 0 aliphatic carbocycles. The fraction of sp³-hybridized carbons (Fsp3) is 0.235. The molecule has 0 bridgehead atoms. The number of benzene rings is 2. The van der Waals surface area contributed by atoms with Crippen molar-refractivity contribution >= 4 is 11.6 Å². The molecule has 0 unspecified atom stereocenters. The number of hydrogen-bond acceptors (Lipinski definition) is 4. The van der Waals surface area contributed by atoms with E-state index in [1.165, 1.54) is 12.1 Å². The number of carbonyl (C=O) groups excluding carboxylic acids is 1. The maximum absolute atomic E-state index is 13.2. The van der Waals surface area contributed by atoms with Crippen LogP contribution < -0.4 is 5.32 Å². The lowest BCUT2D eigenvalue weighted by molar-refractivity contribution is -0.183. The Bertz CT molecular complexity index is 760. The van der Waals surface area contributed by atoms with Gasteiger partial charge in [0.1, 0.15) is 5.75 Å². The molecule has 0 atom stereocenters. The molecule has 1 fully saturated rings. The van der Waals surface area contributed by atoms with Crippen LogP contribution in [-0.4, -0.2) is 24.2 Å². The topological polar surface area (TPSA) is 67.8 Å². The summed E-state index contributed by atoms with van der Waals surface area (Å²) in [4.78, 5) is 12.1. The summed E-state index contributed by atoms with van der Waals surface area (Å²) in [5.74, 6) is -3.00. The number of rotatable bonds is 3. The third-order valence-electron chi connectivity index (χ3n) is 3.55. The van der Waals surface area contributed by atoms with Gasteiger partial charge in [-0.3, -0.25) is 4.79 Å². The summed E-state index contributed by atoms with van der Waals surface area (Å²) in [6, 6.07) is 7.35. The second-order valence-corrected chi connectivity index (χ2v) is 5.29. The van der Waals surface area contributed by atoms with Gasteiger partial charge in [-0.25, -0.2) is 8.78 Å². The first-order valence-electron chi connectivity index (χ1n) is 7.37. The van der Waals surface area contributed by atoms with E-state index in [1.54, 1.807) is 6.07 Å². The number of halogens is 2. The second kappa shape index (κ2) is 6.94. The zero-order valence-electron chi connectivity index (χ0n) is 12.6. The largest absolute Gasteiger partial charge is 0.506 e. The van der Waals surface area contributed by atoms with Crippen LogP contribution in [0.4, 0.5) is 14.5 Å². The van der Waals surface area contributed by atoms with Gasteiger partial charge >= 0.3 is 0 Å². The van der Waals surface area contributed by atoms with Gasteiger partial charge in [0.15, 0.2) is 17.9 Å². The summed E-state index contributed by atoms with van der Waals surface area (Å²) in [6.07, 6.45) is 0.229. The highest BCUT2D eigenvalue weighted by atomic mass is 19.2. The SMILES string of the molecule is O=C(Nc1cc(C2OCCCO2)ccc1O)c1ccc(F)c(F)c1. The zero-order chi connectivity index (χ0) is 17.1. The molecule has 2 aromatic rings. The molecular weight excluding hydrogens is 320 g/mol. The molecule has 0 saturated carbocycles. The van der Waals surface area contributed by atoms with Crippen molar-refractivity contribution in [2.45, 2.75) is 12.7 Å². The van der Waals surface area contributed by atoms with Crippen molar-refractivity contribution in [1.29, 1.82) is 0 Å². The zero-order valence-corrected chi connectivity index (χ0v) is 12.6. The Morgan fingerprint density at radius 2 is 1.83 bits per heavy atom. The predicted octanol–water partition coefficient (Wildman–Crippen LogP) is 3.36. The molecule has 1 amide bonds. The van der Waals surface area contributed by atoms with Crippen LogP contribution in [0.5, 0.6) is 5.75 Å². The van der Waals surface area contributed by atoms with Crippen molar-refractivity contribution in [3.05, 3.63) is 59.2 Å². The molecule has 3 rings (SSSR count). The first-order chi connectivity index (χ1) is 11.5. The molecule has 7 heteroatoms. The van der Waals surface area contributed by atoms with Gasteiger partial charge in [-0.1, -0.05) is 6.07 Å². The van der Waals surface area contributed by atoms with Crippen LogP contribution in [-0.2, 0) is 9.47 Å². The number of carbonyl (C=O) groups is 1. The first kappa shape index (κ1) is 16.4. The summed E-state index contributed by atoms with van der Waals surface area (Å²) in [6.45, 7) is 1.12. The van der Waals surface area contributed by atoms with E-state index in [0.29, 0.717) is 18.8 Å². The highest BCUT2D eigenvalue weighted by molar-refractivity contribution is 6.05. The second-order valence-electron chi connectivity index (χ2n) is 5.29. The Balaban J connectivity index is 1.80. The van der Waals surface area contributed by atoms with E-state index in [-0.39, 0.29) is 17.0 Å². The third-order valence-corrected chi connectivity index (χ3v) is 3.55. The van der Waals surface area contributed by atoms with Crippen LogP contribution in [0.15, 0.2) is 36.4 Å². The number of aromatic hydroxyl groups is 1. The molecule has 1 heterocycles. The lowest BCUT2D eigenvalue weighted by atomic mass is 10.1. The van der Waals surface area contributed by atoms with Crippen LogP contribution in [0.25, 0.3) is 0 Å². The average molecular weight is 335 g/mol. The number of hydrogen-bond donors (Lipinski definition) is 2. The summed E-state index contributed by atoms with van der Waals surface area (Å²) < 4.78 is 37.1. The van der Waals surface area contributed by atoms with Crippen molar-refractivity contribution in [3.8, 4) is 5.75 Å². The van der Waals surface area contributed by atoms with Crippen LogP contribution in [0, 0.1) is 11.6 Å². The quantitative estimate of drug-likeness (QED) is 0.844. The van der Waals surface area contributed by atoms with Gasteiger partial charge in [0, 0.05) is 11.1 Å². The maximum atomic E-state index is 13.2. The van der Waals surface area contributed by atoms with Gasteiger partial charge < -0.3 is 19.9 Å². The molecule has 0 aromatic heterocycles. The lowest BCUT2D eigenvalue weighted by Gasteiger charge is -2.24. The van der Waals surface area contributed by atoms with Gasteiger partial charge in [-0.05, 0) is 36.8 Å². The van der Waals surface area contributed by atoms with Crippen LogP contribution in [0.1, 0.15) is 28.6 Å². The van der Waals surface area contributed by atoms with Crippen molar-refractivity contribution in [1.82, 2.24) is 0 Å². The van der Waals surface area contributed by atoms with Crippen molar-refractivity contribution < 1.29 is 28.2 Å². The summed E-state index contributed by atoms with van der Waals surface area (Å²) in [7, 11) is 0. The lowest BCUT2D eigenvalue weighted by Crippen LogP contribution is -2.18.